The van der Waals surface area contributed by atoms with Crippen molar-refractivity contribution in [3.8, 4) is 17.2 Å². The number of hydrogen-bond acceptors (Lipinski definition) is 5. The second kappa shape index (κ2) is 8.91. The summed E-state index contributed by atoms with van der Waals surface area (Å²) in [6.45, 7) is 6.44. The summed E-state index contributed by atoms with van der Waals surface area (Å²) in [7, 11) is 1.35. The highest BCUT2D eigenvalue weighted by molar-refractivity contribution is 5.77. The van der Waals surface area contributed by atoms with E-state index in [4.69, 9.17) is 19.9 Å². The topological polar surface area (TPSA) is 70.8 Å². The molecule has 30 heavy (non-hydrogen) atoms. The van der Waals surface area contributed by atoms with Crippen molar-refractivity contribution in [2.24, 2.45) is 0 Å². The van der Waals surface area contributed by atoms with Gasteiger partial charge < -0.3 is 19.9 Å². The Balaban J connectivity index is 1.76. The van der Waals surface area contributed by atoms with E-state index < -0.39 is 12.1 Å². The number of carbonyl (C=O) groups is 1. The fourth-order valence-corrected chi connectivity index (χ4v) is 2.91. The Labute approximate surface area is 177 Å². The number of benzene rings is 3. The summed E-state index contributed by atoms with van der Waals surface area (Å²) in [6.07, 6.45) is -0.874. The third-order valence-corrected chi connectivity index (χ3v) is 4.69. The number of esters is 1. The van der Waals surface area contributed by atoms with E-state index in [2.05, 4.69) is 20.8 Å². The van der Waals surface area contributed by atoms with Crippen LogP contribution in [0.5, 0.6) is 17.2 Å². The maximum atomic E-state index is 12.4. The lowest BCUT2D eigenvalue weighted by atomic mass is 9.87. The Bertz CT molecular complexity index is 972. The van der Waals surface area contributed by atoms with Gasteiger partial charge in [-0.25, -0.2) is 4.79 Å². The number of methoxy groups -OCH3 is 1. The molecule has 1 atom stereocenters. The first-order chi connectivity index (χ1) is 14.3. The number of carbonyl (C=O) groups excluding carboxylic acids is 1. The van der Waals surface area contributed by atoms with Crippen LogP contribution in [-0.2, 0) is 14.9 Å². The molecule has 0 heterocycles. The van der Waals surface area contributed by atoms with E-state index in [-0.39, 0.29) is 5.41 Å². The summed E-state index contributed by atoms with van der Waals surface area (Å²) in [6, 6.07) is 22.0. The molecule has 0 aliphatic heterocycles. The second-order valence-electron chi connectivity index (χ2n) is 8.04. The number of rotatable bonds is 6. The molecule has 3 rings (SSSR count). The average Bonchev–Trinajstić information content (AvgIpc) is 2.73. The molecule has 0 fully saturated rings. The maximum Gasteiger partial charge on any atom is 0.351 e. The van der Waals surface area contributed by atoms with Crippen LogP contribution in [0, 0.1) is 0 Å². The molecule has 1 unspecified atom stereocenters. The highest BCUT2D eigenvalue weighted by atomic mass is 16.6. The van der Waals surface area contributed by atoms with Gasteiger partial charge in [0.25, 0.3) is 0 Å². The van der Waals surface area contributed by atoms with Crippen LogP contribution in [0.3, 0.4) is 0 Å². The highest BCUT2D eigenvalue weighted by Gasteiger charge is 2.24. The van der Waals surface area contributed by atoms with Crippen molar-refractivity contribution in [3.05, 3.63) is 83.9 Å². The molecule has 0 aliphatic rings. The molecule has 3 aromatic carbocycles. The van der Waals surface area contributed by atoms with Crippen molar-refractivity contribution < 1.29 is 19.0 Å². The SMILES string of the molecule is COC(=O)C(Oc1ccc(C(C)(C)C)cc1)c1ccc(Oc2ccc(N)cc2)cc1. The lowest BCUT2D eigenvalue weighted by Crippen LogP contribution is -2.20. The first-order valence-corrected chi connectivity index (χ1v) is 9.74. The number of nitrogens with two attached hydrogens (primary N) is 1. The monoisotopic (exact) mass is 405 g/mol. The van der Waals surface area contributed by atoms with Crippen molar-refractivity contribution in [1.29, 1.82) is 0 Å². The van der Waals surface area contributed by atoms with Gasteiger partial charge in [-0.05, 0) is 59.5 Å². The van der Waals surface area contributed by atoms with Gasteiger partial charge in [0, 0.05) is 11.3 Å². The summed E-state index contributed by atoms with van der Waals surface area (Å²) < 4.78 is 16.7. The van der Waals surface area contributed by atoms with E-state index in [1.807, 2.05) is 24.3 Å². The summed E-state index contributed by atoms with van der Waals surface area (Å²) in [5.74, 6) is 1.45. The molecule has 0 bridgehead atoms. The fourth-order valence-electron chi connectivity index (χ4n) is 2.91. The summed E-state index contributed by atoms with van der Waals surface area (Å²) in [4.78, 5) is 12.4. The highest BCUT2D eigenvalue weighted by Crippen LogP contribution is 2.29. The smallest absolute Gasteiger partial charge is 0.351 e. The quantitative estimate of drug-likeness (QED) is 0.424. The molecule has 0 saturated carbocycles. The second-order valence-corrected chi connectivity index (χ2v) is 8.04. The molecular weight excluding hydrogens is 378 g/mol. The Morgan fingerprint density at radius 3 is 1.80 bits per heavy atom. The summed E-state index contributed by atoms with van der Waals surface area (Å²) in [5.41, 5.74) is 8.27. The van der Waals surface area contributed by atoms with Gasteiger partial charge in [0.2, 0.25) is 6.10 Å². The van der Waals surface area contributed by atoms with E-state index in [1.165, 1.54) is 12.7 Å². The Morgan fingerprint density at radius 1 is 0.800 bits per heavy atom. The van der Waals surface area contributed by atoms with Gasteiger partial charge in [0.15, 0.2) is 0 Å². The minimum absolute atomic E-state index is 0.0422. The van der Waals surface area contributed by atoms with E-state index in [9.17, 15) is 4.79 Å². The van der Waals surface area contributed by atoms with Gasteiger partial charge in [-0.3, -0.25) is 0 Å². The van der Waals surface area contributed by atoms with Crippen molar-refractivity contribution in [2.45, 2.75) is 32.3 Å². The molecule has 3 aromatic rings. The van der Waals surface area contributed by atoms with Crippen LogP contribution in [0.1, 0.15) is 38.0 Å². The van der Waals surface area contributed by atoms with Crippen molar-refractivity contribution in [1.82, 2.24) is 0 Å². The Kier molecular flexibility index (Phi) is 6.31. The van der Waals surface area contributed by atoms with Crippen molar-refractivity contribution >= 4 is 11.7 Å². The number of nitrogen functional groups attached to an aromatic ring is 1. The van der Waals surface area contributed by atoms with E-state index in [0.29, 0.717) is 28.5 Å². The van der Waals surface area contributed by atoms with Crippen molar-refractivity contribution in [3.63, 3.8) is 0 Å². The van der Waals surface area contributed by atoms with Gasteiger partial charge in [-0.1, -0.05) is 45.0 Å². The number of anilines is 1. The molecule has 0 aromatic heterocycles. The molecule has 0 saturated heterocycles. The number of hydrogen-bond donors (Lipinski definition) is 1. The first kappa shape index (κ1) is 21.2. The molecule has 0 spiro atoms. The predicted molar refractivity (Wildman–Crippen MR) is 118 cm³/mol. The Morgan fingerprint density at radius 2 is 1.30 bits per heavy atom. The van der Waals surface area contributed by atoms with E-state index in [1.54, 1.807) is 48.5 Å². The zero-order chi connectivity index (χ0) is 21.7. The Hall–Kier alpha value is -3.47. The standard InChI is InChI=1S/C25H27NO4/c1-25(2,3)18-7-13-22(14-8-18)30-23(24(27)28-4)17-5-11-20(12-6-17)29-21-15-9-19(26)10-16-21/h5-16,23H,26H2,1-4H3. The third-order valence-electron chi connectivity index (χ3n) is 4.69. The van der Waals surface area contributed by atoms with Gasteiger partial charge >= 0.3 is 5.97 Å². The minimum Gasteiger partial charge on any atom is -0.474 e. The molecule has 5 nitrogen and oxygen atoms in total. The number of ether oxygens (including phenoxy) is 3. The first-order valence-electron chi connectivity index (χ1n) is 9.74. The normalized spacial score (nSPS) is 12.1. The molecule has 5 heteroatoms. The molecule has 0 amide bonds. The lowest BCUT2D eigenvalue weighted by Gasteiger charge is -2.21. The summed E-state index contributed by atoms with van der Waals surface area (Å²) in [5, 5.41) is 0. The molecular formula is C25H27NO4. The predicted octanol–water partition coefficient (Wildman–Crippen LogP) is 5.65. The van der Waals surface area contributed by atoms with Gasteiger partial charge in [0.1, 0.15) is 17.2 Å². The van der Waals surface area contributed by atoms with E-state index >= 15 is 0 Å². The van der Waals surface area contributed by atoms with Crippen LogP contribution < -0.4 is 15.2 Å². The minimum atomic E-state index is -0.874. The summed E-state index contributed by atoms with van der Waals surface area (Å²) >= 11 is 0. The lowest BCUT2D eigenvalue weighted by molar-refractivity contribution is -0.149. The largest absolute Gasteiger partial charge is 0.474 e. The molecule has 156 valence electrons. The van der Waals surface area contributed by atoms with Crippen LogP contribution in [0.15, 0.2) is 72.8 Å². The van der Waals surface area contributed by atoms with Gasteiger partial charge in [0.05, 0.1) is 7.11 Å². The van der Waals surface area contributed by atoms with Crippen LogP contribution in [0.25, 0.3) is 0 Å². The van der Waals surface area contributed by atoms with Crippen LogP contribution in [0.4, 0.5) is 5.69 Å². The zero-order valence-electron chi connectivity index (χ0n) is 17.7. The zero-order valence-corrected chi connectivity index (χ0v) is 17.7. The fraction of sp³-hybridized carbons (Fsp3) is 0.240. The molecule has 0 aliphatic carbocycles. The van der Waals surface area contributed by atoms with Crippen LogP contribution in [-0.4, -0.2) is 13.1 Å². The third kappa shape index (κ3) is 5.32. The average molecular weight is 405 g/mol. The van der Waals surface area contributed by atoms with Crippen LogP contribution >= 0.6 is 0 Å². The maximum absolute atomic E-state index is 12.4. The van der Waals surface area contributed by atoms with Crippen molar-refractivity contribution in [2.75, 3.05) is 12.8 Å². The molecule has 0 radical (unpaired) electrons. The van der Waals surface area contributed by atoms with E-state index in [0.717, 1.165) is 0 Å². The van der Waals surface area contributed by atoms with Gasteiger partial charge in [-0.2, -0.15) is 0 Å². The van der Waals surface area contributed by atoms with Crippen LogP contribution in [0.2, 0.25) is 0 Å². The molecule has 2 N–H and O–H groups in total. The van der Waals surface area contributed by atoms with Gasteiger partial charge in [-0.15, -0.1) is 0 Å².